The predicted octanol–water partition coefficient (Wildman–Crippen LogP) is 2.91. The van der Waals surface area contributed by atoms with E-state index in [-0.39, 0.29) is 37.4 Å². The van der Waals surface area contributed by atoms with Gasteiger partial charge in [-0.25, -0.2) is 22.0 Å². The molecule has 8 nitrogen and oxygen atoms in total. The molecule has 0 radical (unpaired) electrons. The number of piperidine rings is 1. The van der Waals surface area contributed by atoms with Gasteiger partial charge >= 0.3 is 11.7 Å². The topological polar surface area (TPSA) is 98.8 Å². The second-order valence-corrected chi connectivity index (χ2v) is 9.70. The van der Waals surface area contributed by atoms with E-state index in [1.807, 2.05) is 0 Å². The molecule has 3 aromatic rings. The smallest absolute Gasteiger partial charge is 0.419 e. The van der Waals surface area contributed by atoms with Crippen LogP contribution in [0, 0.1) is 17.6 Å². The molecule has 0 N–H and O–H groups in total. The number of sulfonamides is 1. The van der Waals surface area contributed by atoms with Crippen LogP contribution in [-0.2, 0) is 26.1 Å². The lowest BCUT2D eigenvalue weighted by atomic mass is 9.98. The molecule has 0 amide bonds. The van der Waals surface area contributed by atoms with Crippen LogP contribution in [-0.4, -0.2) is 43.0 Å². The maximum absolute atomic E-state index is 13.4. The van der Waals surface area contributed by atoms with Gasteiger partial charge in [-0.05, 0) is 49.6 Å². The van der Waals surface area contributed by atoms with Gasteiger partial charge in [-0.3, -0.25) is 9.36 Å². The van der Waals surface area contributed by atoms with Crippen LogP contribution in [0.25, 0.3) is 11.1 Å². The summed E-state index contributed by atoms with van der Waals surface area (Å²) in [4.78, 5) is 24.0. The molecule has 0 saturated carbocycles. The highest BCUT2D eigenvalue weighted by Gasteiger charge is 2.33. The number of ether oxygens (including phenoxy) is 1. The van der Waals surface area contributed by atoms with Crippen molar-refractivity contribution in [3.8, 4) is 0 Å². The summed E-state index contributed by atoms with van der Waals surface area (Å²) in [7, 11) is -3.99. The number of aryl methyl sites for hydroxylation is 1. The molecular weight excluding hydrogens is 458 g/mol. The van der Waals surface area contributed by atoms with Crippen molar-refractivity contribution in [2.24, 2.45) is 5.92 Å². The molecule has 0 bridgehead atoms. The molecule has 0 aliphatic carbocycles. The third kappa shape index (κ3) is 4.83. The first-order valence-corrected chi connectivity index (χ1v) is 11.9. The molecule has 0 unspecified atom stereocenters. The number of esters is 1. The highest BCUT2D eigenvalue weighted by molar-refractivity contribution is 7.89. The highest BCUT2D eigenvalue weighted by atomic mass is 32.2. The van der Waals surface area contributed by atoms with Crippen molar-refractivity contribution in [2.45, 2.75) is 30.7 Å². The largest absolute Gasteiger partial charge is 0.465 e. The van der Waals surface area contributed by atoms with Crippen molar-refractivity contribution in [2.75, 3.05) is 19.7 Å². The highest BCUT2D eigenvalue weighted by Crippen LogP contribution is 2.25. The van der Waals surface area contributed by atoms with E-state index in [1.165, 1.54) is 4.57 Å². The number of benzene rings is 2. The fourth-order valence-corrected chi connectivity index (χ4v) is 5.34. The summed E-state index contributed by atoms with van der Waals surface area (Å²) in [6, 6.07) is 9.48. The van der Waals surface area contributed by atoms with Gasteiger partial charge in [-0.2, -0.15) is 4.31 Å². The maximum Gasteiger partial charge on any atom is 0.419 e. The Hall–Kier alpha value is -3.05. The first kappa shape index (κ1) is 23.1. The zero-order chi connectivity index (χ0) is 23.6. The molecule has 1 fully saturated rings. The van der Waals surface area contributed by atoms with Crippen molar-refractivity contribution >= 4 is 27.1 Å². The van der Waals surface area contributed by atoms with Gasteiger partial charge in [-0.15, -0.1) is 0 Å². The average Bonchev–Trinajstić information content (AvgIpc) is 3.13. The SMILES string of the molecule is O=C(OCCCn1c(=O)oc2ccccc21)C1CCN(S(=O)(=O)c2ccc(F)c(F)c2)CC1. The number of para-hydroxylation sites is 2. The fourth-order valence-electron chi connectivity index (χ4n) is 3.86. The normalized spacial score (nSPS) is 15.7. The average molecular weight is 480 g/mol. The molecule has 11 heteroatoms. The van der Waals surface area contributed by atoms with Crippen molar-refractivity contribution in [3.63, 3.8) is 0 Å². The number of hydrogen-bond acceptors (Lipinski definition) is 6. The standard InChI is InChI=1S/C22H22F2N2O6S/c23-17-7-6-16(14-18(17)24)33(29,30)25-11-8-15(9-12-25)21(27)31-13-3-10-26-19-4-1-2-5-20(19)32-22(26)28/h1-2,4-7,14-15H,3,8-13H2. The quantitative estimate of drug-likeness (QED) is 0.381. The monoisotopic (exact) mass is 480 g/mol. The maximum atomic E-state index is 13.4. The van der Waals surface area contributed by atoms with E-state index in [2.05, 4.69) is 0 Å². The van der Waals surface area contributed by atoms with Crippen LogP contribution in [0.1, 0.15) is 19.3 Å². The Bertz CT molecular complexity index is 1330. The van der Waals surface area contributed by atoms with Gasteiger partial charge in [0.25, 0.3) is 0 Å². The predicted molar refractivity (Wildman–Crippen MR) is 114 cm³/mol. The van der Waals surface area contributed by atoms with E-state index < -0.39 is 39.3 Å². The Morgan fingerprint density at radius 1 is 1.09 bits per heavy atom. The molecule has 2 heterocycles. The summed E-state index contributed by atoms with van der Waals surface area (Å²) < 4.78 is 65.0. The number of nitrogens with zero attached hydrogens (tertiary/aromatic N) is 2. The van der Waals surface area contributed by atoms with Crippen LogP contribution in [0.15, 0.2) is 56.6 Å². The Morgan fingerprint density at radius 2 is 1.82 bits per heavy atom. The third-order valence-corrected chi connectivity index (χ3v) is 7.55. The minimum absolute atomic E-state index is 0.0670. The summed E-state index contributed by atoms with van der Waals surface area (Å²) in [5.74, 6) is -3.72. The summed E-state index contributed by atoms with van der Waals surface area (Å²) in [5.41, 5.74) is 1.16. The Labute approximate surface area is 188 Å². The van der Waals surface area contributed by atoms with Crippen LogP contribution < -0.4 is 5.76 Å². The first-order chi connectivity index (χ1) is 15.8. The number of aromatic nitrogens is 1. The van der Waals surface area contributed by atoms with Crippen LogP contribution in [0.2, 0.25) is 0 Å². The Morgan fingerprint density at radius 3 is 2.55 bits per heavy atom. The van der Waals surface area contributed by atoms with E-state index in [0.717, 1.165) is 16.4 Å². The number of carbonyl (C=O) groups excluding carboxylic acids is 1. The van der Waals surface area contributed by atoms with Gasteiger partial charge in [-0.1, -0.05) is 12.1 Å². The van der Waals surface area contributed by atoms with E-state index in [1.54, 1.807) is 24.3 Å². The molecule has 4 rings (SSSR count). The van der Waals surface area contributed by atoms with Crippen LogP contribution >= 0.6 is 0 Å². The van der Waals surface area contributed by atoms with Crippen molar-refractivity contribution in [1.82, 2.24) is 8.87 Å². The molecule has 1 saturated heterocycles. The van der Waals surface area contributed by atoms with Gasteiger partial charge in [0.15, 0.2) is 17.2 Å². The van der Waals surface area contributed by atoms with Gasteiger partial charge < -0.3 is 9.15 Å². The lowest BCUT2D eigenvalue weighted by molar-refractivity contribution is -0.150. The molecule has 0 atom stereocenters. The Kier molecular flexibility index (Phi) is 6.61. The minimum Gasteiger partial charge on any atom is -0.465 e. The Balaban J connectivity index is 1.26. The first-order valence-electron chi connectivity index (χ1n) is 10.5. The van der Waals surface area contributed by atoms with Gasteiger partial charge in [0, 0.05) is 19.6 Å². The van der Waals surface area contributed by atoms with Crippen LogP contribution in [0.5, 0.6) is 0 Å². The lowest BCUT2D eigenvalue weighted by Crippen LogP contribution is -2.40. The molecule has 1 aliphatic rings. The van der Waals surface area contributed by atoms with E-state index >= 15 is 0 Å². The summed E-state index contributed by atoms with van der Waals surface area (Å²) in [6.07, 6.45) is 0.930. The number of rotatable bonds is 7. The molecule has 2 aromatic carbocycles. The van der Waals surface area contributed by atoms with Crippen molar-refractivity contribution < 1.29 is 31.1 Å². The fraction of sp³-hybridized carbons (Fsp3) is 0.364. The zero-order valence-electron chi connectivity index (χ0n) is 17.6. The summed E-state index contributed by atoms with van der Waals surface area (Å²) in [5, 5.41) is 0. The van der Waals surface area contributed by atoms with Crippen LogP contribution in [0.3, 0.4) is 0 Å². The number of fused-ring (bicyclic) bond motifs is 1. The zero-order valence-corrected chi connectivity index (χ0v) is 18.4. The molecule has 176 valence electrons. The van der Waals surface area contributed by atoms with Gasteiger partial charge in [0.1, 0.15) is 0 Å². The second-order valence-electron chi connectivity index (χ2n) is 7.76. The second kappa shape index (κ2) is 9.44. The number of carbonyl (C=O) groups is 1. The molecule has 33 heavy (non-hydrogen) atoms. The third-order valence-electron chi connectivity index (χ3n) is 5.66. The lowest BCUT2D eigenvalue weighted by Gasteiger charge is -2.30. The number of oxazole rings is 1. The van der Waals surface area contributed by atoms with Crippen molar-refractivity contribution in [1.29, 1.82) is 0 Å². The summed E-state index contributed by atoms with van der Waals surface area (Å²) in [6.45, 7) is 0.571. The number of hydrogen-bond donors (Lipinski definition) is 0. The molecular formula is C22H22F2N2O6S. The van der Waals surface area contributed by atoms with Crippen LogP contribution in [0.4, 0.5) is 8.78 Å². The molecule has 1 aliphatic heterocycles. The van der Waals surface area contributed by atoms with Gasteiger partial charge in [0.2, 0.25) is 10.0 Å². The van der Waals surface area contributed by atoms with E-state index in [4.69, 9.17) is 9.15 Å². The van der Waals surface area contributed by atoms with E-state index in [9.17, 15) is 26.8 Å². The number of halogens is 2. The summed E-state index contributed by atoms with van der Waals surface area (Å²) >= 11 is 0. The molecule has 1 aromatic heterocycles. The molecule has 0 spiro atoms. The minimum atomic E-state index is -3.99. The van der Waals surface area contributed by atoms with E-state index in [0.29, 0.717) is 30.1 Å². The van der Waals surface area contributed by atoms with Gasteiger partial charge in [0.05, 0.1) is 22.9 Å². The van der Waals surface area contributed by atoms with Crippen molar-refractivity contribution in [3.05, 3.63) is 64.6 Å².